The number of nitrogens with two attached hydrogens (primary N) is 1. The highest BCUT2D eigenvalue weighted by Crippen LogP contribution is 2.50. The van der Waals surface area contributed by atoms with Crippen LogP contribution < -0.4 is 11.2 Å². The molecule has 9 heteroatoms. The Labute approximate surface area is 208 Å². The molecule has 0 bridgehead atoms. The first kappa shape index (κ1) is 24.5. The van der Waals surface area contributed by atoms with Crippen molar-refractivity contribution in [1.82, 2.24) is 15.0 Å². The highest BCUT2D eigenvalue weighted by atomic mass is 16.7. The molecule has 188 valence electrons. The average Bonchev–Trinajstić information content (AvgIpc) is 3.47. The van der Waals surface area contributed by atoms with E-state index in [0.29, 0.717) is 0 Å². The van der Waals surface area contributed by atoms with Gasteiger partial charge in [0.25, 0.3) is 5.91 Å². The van der Waals surface area contributed by atoms with Crippen LogP contribution >= 0.6 is 0 Å². The summed E-state index contributed by atoms with van der Waals surface area (Å²) in [6.07, 6.45) is 5.58. The van der Waals surface area contributed by atoms with Crippen LogP contribution in [-0.4, -0.2) is 50.9 Å². The number of benzene rings is 1. The molecule has 35 heavy (non-hydrogen) atoms. The summed E-state index contributed by atoms with van der Waals surface area (Å²) in [6, 6.07) is 7.24. The Morgan fingerprint density at radius 3 is 2.31 bits per heavy atom. The fraction of sp³-hybridized carbons (Fsp3) is 0.615. The van der Waals surface area contributed by atoms with Crippen LogP contribution in [0.25, 0.3) is 11.3 Å². The van der Waals surface area contributed by atoms with Gasteiger partial charge in [-0.25, -0.2) is 10.0 Å². The SMILES string of the molecule is CC(C)C(N)C(=O)N1OC2(CCC2)CC1c1ncc(-c2ccc(B3OC(C)(C)C(C)(C)O3)cc2)[nH]1. The summed E-state index contributed by atoms with van der Waals surface area (Å²) >= 11 is 0. The van der Waals surface area contributed by atoms with Crippen LogP contribution in [-0.2, 0) is 18.9 Å². The van der Waals surface area contributed by atoms with Gasteiger partial charge in [0.1, 0.15) is 11.9 Å². The highest BCUT2D eigenvalue weighted by Gasteiger charge is 2.54. The number of hydrogen-bond acceptors (Lipinski definition) is 6. The number of imidazole rings is 1. The summed E-state index contributed by atoms with van der Waals surface area (Å²) < 4.78 is 12.3. The number of rotatable bonds is 5. The number of nitrogens with one attached hydrogen (secondary N) is 1. The molecule has 2 aliphatic heterocycles. The first-order valence-corrected chi connectivity index (χ1v) is 12.7. The third-order valence-corrected chi connectivity index (χ3v) is 8.28. The summed E-state index contributed by atoms with van der Waals surface area (Å²) in [5, 5.41) is 1.49. The minimum absolute atomic E-state index is 0.0272. The second-order valence-electron chi connectivity index (χ2n) is 11.7. The maximum Gasteiger partial charge on any atom is 0.494 e. The van der Waals surface area contributed by atoms with E-state index in [1.165, 1.54) is 5.06 Å². The number of nitrogens with zero attached hydrogens (tertiary/aromatic N) is 2. The Morgan fingerprint density at radius 1 is 1.14 bits per heavy atom. The van der Waals surface area contributed by atoms with Gasteiger partial charge >= 0.3 is 7.12 Å². The third-order valence-electron chi connectivity index (χ3n) is 8.28. The number of carbonyl (C=O) groups is 1. The molecule has 1 aromatic heterocycles. The minimum Gasteiger partial charge on any atom is -0.399 e. The van der Waals surface area contributed by atoms with Gasteiger partial charge in [0.15, 0.2) is 0 Å². The largest absolute Gasteiger partial charge is 0.494 e. The summed E-state index contributed by atoms with van der Waals surface area (Å²) in [6.45, 7) is 12.1. The van der Waals surface area contributed by atoms with Crippen LogP contribution in [0.1, 0.15) is 79.1 Å². The standard InChI is InChI=1S/C26H37BN4O4/c1-16(2)21(28)23(32)31-20(14-26(35-31)12-7-13-26)22-29-15-19(30-22)17-8-10-18(11-9-17)27-33-24(3,4)25(5,6)34-27/h8-11,15-16,20-21H,7,12-14,28H2,1-6H3,(H,29,30). The van der Waals surface area contributed by atoms with Crippen molar-refractivity contribution < 1.29 is 18.9 Å². The molecule has 1 aliphatic carbocycles. The summed E-state index contributed by atoms with van der Waals surface area (Å²) in [5.41, 5.74) is 8.03. The Kier molecular flexibility index (Phi) is 5.91. The molecule has 2 unspecified atom stereocenters. The third kappa shape index (κ3) is 4.22. The van der Waals surface area contributed by atoms with Gasteiger partial charge in [-0.1, -0.05) is 38.1 Å². The second kappa shape index (κ2) is 8.44. The van der Waals surface area contributed by atoms with Gasteiger partial charge in [-0.2, -0.15) is 0 Å². The zero-order valence-electron chi connectivity index (χ0n) is 21.6. The van der Waals surface area contributed by atoms with Crippen LogP contribution in [0.5, 0.6) is 0 Å². The van der Waals surface area contributed by atoms with Crippen molar-refractivity contribution in [3.63, 3.8) is 0 Å². The maximum atomic E-state index is 13.1. The van der Waals surface area contributed by atoms with Crippen molar-refractivity contribution >= 4 is 18.5 Å². The number of aromatic nitrogens is 2. The fourth-order valence-electron chi connectivity index (χ4n) is 4.90. The Balaban J connectivity index is 1.35. The Morgan fingerprint density at radius 2 is 1.77 bits per heavy atom. The number of hydroxylamine groups is 2. The van der Waals surface area contributed by atoms with E-state index in [0.717, 1.165) is 48.2 Å². The zero-order chi connectivity index (χ0) is 25.2. The van der Waals surface area contributed by atoms with Crippen molar-refractivity contribution in [2.24, 2.45) is 11.7 Å². The highest BCUT2D eigenvalue weighted by molar-refractivity contribution is 6.62. The van der Waals surface area contributed by atoms with E-state index in [1.54, 1.807) is 0 Å². The monoisotopic (exact) mass is 480 g/mol. The van der Waals surface area contributed by atoms with E-state index < -0.39 is 13.2 Å². The smallest absolute Gasteiger partial charge is 0.399 e. The van der Waals surface area contributed by atoms with Crippen LogP contribution in [0.15, 0.2) is 30.5 Å². The van der Waals surface area contributed by atoms with E-state index >= 15 is 0 Å². The second-order valence-corrected chi connectivity index (χ2v) is 11.7. The molecule has 3 N–H and O–H groups in total. The normalized spacial score (nSPS) is 25.3. The van der Waals surface area contributed by atoms with Gasteiger partial charge in [0.05, 0.1) is 34.7 Å². The molecule has 1 saturated carbocycles. The van der Waals surface area contributed by atoms with E-state index in [2.05, 4.69) is 37.7 Å². The van der Waals surface area contributed by atoms with Gasteiger partial charge in [-0.05, 0) is 63.9 Å². The lowest BCUT2D eigenvalue weighted by molar-refractivity contribution is -0.229. The van der Waals surface area contributed by atoms with Crippen LogP contribution in [0.3, 0.4) is 0 Å². The summed E-state index contributed by atoms with van der Waals surface area (Å²) in [5.74, 6) is 0.570. The molecule has 2 atom stereocenters. The molecule has 1 aromatic carbocycles. The molecule has 5 rings (SSSR count). The first-order chi connectivity index (χ1) is 16.4. The molecule has 1 amide bonds. The van der Waals surface area contributed by atoms with Crippen LogP contribution in [0, 0.1) is 5.92 Å². The van der Waals surface area contributed by atoms with Crippen LogP contribution in [0.4, 0.5) is 0 Å². The van der Waals surface area contributed by atoms with Crippen molar-refractivity contribution in [3.8, 4) is 11.3 Å². The molecule has 2 saturated heterocycles. The van der Waals surface area contributed by atoms with Crippen molar-refractivity contribution in [3.05, 3.63) is 36.3 Å². The Bertz CT molecular complexity index is 1080. The quantitative estimate of drug-likeness (QED) is 0.636. The predicted molar refractivity (Wildman–Crippen MR) is 134 cm³/mol. The molecular weight excluding hydrogens is 443 g/mol. The molecule has 3 heterocycles. The number of H-pyrrole nitrogens is 1. The number of hydrogen-bond donors (Lipinski definition) is 2. The van der Waals surface area contributed by atoms with Crippen molar-refractivity contribution in [1.29, 1.82) is 0 Å². The van der Waals surface area contributed by atoms with E-state index in [1.807, 2.05) is 44.3 Å². The number of amides is 1. The lowest BCUT2D eigenvalue weighted by Crippen LogP contribution is -2.47. The van der Waals surface area contributed by atoms with Crippen LogP contribution in [0.2, 0.25) is 0 Å². The minimum atomic E-state index is -0.607. The van der Waals surface area contributed by atoms with Gasteiger partial charge < -0.3 is 20.0 Å². The molecule has 3 aliphatic rings. The molecule has 1 spiro atoms. The predicted octanol–water partition coefficient (Wildman–Crippen LogP) is 3.49. The molecule has 8 nitrogen and oxygen atoms in total. The topological polar surface area (TPSA) is 103 Å². The van der Waals surface area contributed by atoms with Gasteiger partial charge in [0.2, 0.25) is 0 Å². The van der Waals surface area contributed by atoms with E-state index in [-0.39, 0.29) is 34.7 Å². The van der Waals surface area contributed by atoms with Gasteiger partial charge in [-0.15, -0.1) is 0 Å². The number of carbonyl (C=O) groups excluding carboxylic acids is 1. The molecule has 0 radical (unpaired) electrons. The average molecular weight is 480 g/mol. The van der Waals surface area contributed by atoms with Gasteiger partial charge in [0, 0.05) is 6.42 Å². The van der Waals surface area contributed by atoms with E-state index in [4.69, 9.17) is 19.9 Å². The lowest BCUT2D eigenvalue weighted by Gasteiger charge is -2.36. The van der Waals surface area contributed by atoms with Crippen molar-refractivity contribution in [2.45, 2.75) is 96.1 Å². The summed E-state index contributed by atoms with van der Waals surface area (Å²) in [4.78, 5) is 27.5. The van der Waals surface area contributed by atoms with E-state index in [9.17, 15) is 4.79 Å². The van der Waals surface area contributed by atoms with Gasteiger partial charge in [-0.3, -0.25) is 9.63 Å². The van der Waals surface area contributed by atoms with Crippen molar-refractivity contribution in [2.75, 3.05) is 0 Å². The summed E-state index contributed by atoms with van der Waals surface area (Å²) in [7, 11) is -0.398. The molecule has 3 fully saturated rings. The molecular formula is C26H37BN4O4. The fourth-order valence-corrected chi connectivity index (χ4v) is 4.90. The molecule has 2 aromatic rings. The maximum absolute atomic E-state index is 13.1. The zero-order valence-corrected chi connectivity index (χ0v) is 21.6. The first-order valence-electron chi connectivity index (χ1n) is 12.7. The lowest BCUT2D eigenvalue weighted by atomic mass is 9.77. The Hall–Kier alpha value is -2.20. The number of aromatic amines is 1.